The van der Waals surface area contributed by atoms with Crippen LogP contribution in [-0.2, 0) is 14.8 Å². The van der Waals surface area contributed by atoms with Gasteiger partial charge in [-0.2, -0.15) is 5.26 Å². The summed E-state index contributed by atoms with van der Waals surface area (Å²) in [6.45, 7) is 3.59. The smallest absolute Gasteiger partial charge is 0.261 e. The molecule has 1 atom stereocenters. The Morgan fingerprint density at radius 3 is 2.23 bits per heavy atom. The molecule has 0 aliphatic heterocycles. The number of benzene rings is 3. The molecule has 1 amide bonds. The van der Waals surface area contributed by atoms with Crippen LogP contribution in [0, 0.1) is 18.3 Å². The van der Waals surface area contributed by atoms with Crippen molar-refractivity contribution in [2.45, 2.75) is 24.8 Å². The van der Waals surface area contributed by atoms with Crippen molar-refractivity contribution in [1.29, 1.82) is 5.26 Å². The average Bonchev–Trinajstić information content (AvgIpc) is 2.75. The predicted molar refractivity (Wildman–Crippen MR) is 121 cm³/mol. The van der Waals surface area contributed by atoms with Crippen LogP contribution in [0.15, 0.2) is 77.7 Å². The molecule has 7 nitrogen and oxygen atoms in total. The maximum absolute atomic E-state index is 12.5. The Balaban J connectivity index is 1.61. The molecule has 31 heavy (non-hydrogen) atoms. The van der Waals surface area contributed by atoms with Crippen LogP contribution in [0.5, 0.6) is 0 Å². The van der Waals surface area contributed by atoms with Crippen LogP contribution in [-0.4, -0.2) is 20.4 Å². The summed E-state index contributed by atoms with van der Waals surface area (Å²) in [6, 6.07) is 21.3. The third-order valence-electron chi connectivity index (χ3n) is 4.50. The van der Waals surface area contributed by atoms with Gasteiger partial charge in [0.05, 0.1) is 16.5 Å². The van der Waals surface area contributed by atoms with Crippen LogP contribution in [0.4, 0.5) is 17.1 Å². The van der Waals surface area contributed by atoms with Gasteiger partial charge in [0.2, 0.25) is 5.91 Å². The SMILES string of the molecule is Cc1ccc(S(=O)(=O)Nc2ccc(N[C@@H](C)C(=O)Nc3cccc(C#N)c3)cc2)cc1. The van der Waals surface area contributed by atoms with E-state index >= 15 is 0 Å². The largest absolute Gasteiger partial charge is 0.374 e. The van der Waals surface area contributed by atoms with E-state index in [0.29, 0.717) is 22.6 Å². The highest BCUT2D eigenvalue weighted by molar-refractivity contribution is 7.92. The molecule has 0 bridgehead atoms. The molecule has 3 aromatic rings. The number of nitriles is 1. The van der Waals surface area contributed by atoms with E-state index in [1.807, 2.05) is 13.0 Å². The number of amides is 1. The van der Waals surface area contributed by atoms with Crippen molar-refractivity contribution in [2.75, 3.05) is 15.4 Å². The van der Waals surface area contributed by atoms with E-state index in [2.05, 4.69) is 15.4 Å². The van der Waals surface area contributed by atoms with Crippen LogP contribution in [0.3, 0.4) is 0 Å². The second-order valence-corrected chi connectivity index (χ2v) is 8.73. The third kappa shape index (κ3) is 5.84. The van der Waals surface area contributed by atoms with Gasteiger partial charge in [0.25, 0.3) is 10.0 Å². The van der Waals surface area contributed by atoms with Gasteiger partial charge in [-0.15, -0.1) is 0 Å². The normalized spacial score (nSPS) is 11.8. The summed E-state index contributed by atoms with van der Waals surface area (Å²) in [5.74, 6) is -0.265. The van der Waals surface area contributed by atoms with Crippen molar-refractivity contribution >= 4 is 33.0 Å². The molecule has 0 aliphatic rings. The Hall–Kier alpha value is -3.83. The van der Waals surface area contributed by atoms with Crippen molar-refractivity contribution in [3.05, 3.63) is 83.9 Å². The number of aryl methyl sites for hydroxylation is 1. The van der Waals surface area contributed by atoms with E-state index in [0.717, 1.165) is 5.56 Å². The Morgan fingerprint density at radius 2 is 1.58 bits per heavy atom. The van der Waals surface area contributed by atoms with Gasteiger partial charge in [0.1, 0.15) is 6.04 Å². The molecule has 0 radical (unpaired) electrons. The number of carbonyl (C=O) groups excluding carboxylic acids is 1. The highest BCUT2D eigenvalue weighted by atomic mass is 32.2. The fraction of sp³-hybridized carbons (Fsp3) is 0.130. The standard InChI is InChI=1S/C23H22N4O3S/c1-16-6-12-22(13-7-16)31(29,30)27-20-10-8-19(9-11-20)25-17(2)23(28)26-21-5-3-4-18(14-21)15-24/h3-14,17,25,27H,1-2H3,(H,26,28)/t17-/m0/s1. The molecule has 0 unspecified atom stereocenters. The van der Waals surface area contributed by atoms with Gasteiger partial charge in [-0.3, -0.25) is 9.52 Å². The van der Waals surface area contributed by atoms with Crippen LogP contribution in [0.25, 0.3) is 0 Å². The third-order valence-corrected chi connectivity index (χ3v) is 5.90. The van der Waals surface area contributed by atoms with Gasteiger partial charge in [-0.25, -0.2) is 8.42 Å². The molecule has 0 spiro atoms. The minimum atomic E-state index is -3.68. The van der Waals surface area contributed by atoms with E-state index in [1.54, 1.807) is 79.7 Å². The zero-order valence-electron chi connectivity index (χ0n) is 17.1. The molecule has 0 saturated carbocycles. The zero-order chi connectivity index (χ0) is 22.4. The van der Waals surface area contributed by atoms with Crippen molar-refractivity contribution in [3.8, 4) is 6.07 Å². The number of carbonyl (C=O) groups is 1. The predicted octanol–water partition coefficient (Wildman–Crippen LogP) is 4.11. The first-order valence-electron chi connectivity index (χ1n) is 9.54. The number of rotatable bonds is 7. The lowest BCUT2D eigenvalue weighted by molar-refractivity contribution is -0.116. The van der Waals surface area contributed by atoms with Gasteiger partial charge in [-0.1, -0.05) is 23.8 Å². The molecular formula is C23H22N4O3S. The van der Waals surface area contributed by atoms with Crippen molar-refractivity contribution in [3.63, 3.8) is 0 Å². The Labute approximate surface area is 181 Å². The summed E-state index contributed by atoms with van der Waals surface area (Å²) in [5.41, 5.74) is 3.05. The molecule has 158 valence electrons. The quantitative estimate of drug-likeness (QED) is 0.518. The Morgan fingerprint density at radius 1 is 0.935 bits per heavy atom. The lowest BCUT2D eigenvalue weighted by Gasteiger charge is -2.16. The average molecular weight is 435 g/mol. The number of sulfonamides is 1. The maximum atomic E-state index is 12.5. The molecule has 0 aromatic heterocycles. The number of nitrogens with zero attached hydrogens (tertiary/aromatic N) is 1. The molecule has 0 fully saturated rings. The van der Waals surface area contributed by atoms with Gasteiger partial charge in [0, 0.05) is 17.1 Å². The lowest BCUT2D eigenvalue weighted by Crippen LogP contribution is -2.31. The second kappa shape index (κ2) is 9.32. The highest BCUT2D eigenvalue weighted by Crippen LogP contribution is 2.19. The van der Waals surface area contributed by atoms with E-state index < -0.39 is 16.1 Å². The summed E-state index contributed by atoms with van der Waals surface area (Å²) in [6.07, 6.45) is 0. The zero-order valence-corrected chi connectivity index (χ0v) is 17.9. The monoisotopic (exact) mass is 434 g/mol. The minimum Gasteiger partial charge on any atom is -0.374 e. The topological polar surface area (TPSA) is 111 Å². The first kappa shape index (κ1) is 21.9. The fourth-order valence-corrected chi connectivity index (χ4v) is 3.86. The lowest BCUT2D eigenvalue weighted by atomic mass is 10.2. The summed E-state index contributed by atoms with van der Waals surface area (Å²) in [4.78, 5) is 12.6. The Bertz CT molecular complexity index is 1210. The number of nitrogens with one attached hydrogen (secondary N) is 3. The summed E-state index contributed by atoms with van der Waals surface area (Å²) in [5, 5.41) is 14.8. The maximum Gasteiger partial charge on any atom is 0.261 e. The molecule has 3 N–H and O–H groups in total. The van der Waals surface area contributed by atoms with E-state index in [-0.39, 0.29) is 10.8 Å². The molecule has 8 heteroatoms. The van der Waals surface area contributed by atoms with Crippen LogP contribution >= 0.6 is 0 Å². The van der Waals surface area contributed by atoms with E-state index in [4.69, 9.17) is 5.26 Å². The van der Waals surface area contributed by atoms with E-state index in [1.165, 1.54) is 0 Å². The van der Waals surface area contributed by atoms with Crippen LogP contribution in [0.1, 0.15) is 18.1 Å². The van der Waals surface area contributed by atoms with Gasteiger partial charge < -0.3 is 10.6 Å². The first-order valence-corrected chi connectivity index (χ1v) is 11.0. The Kier molecular flexibility index (Phi) is 6.58. The molecular weight excluding hydrogens is 412 g/mol. The van der Waals surface area contributed by atoms with Crippen molar-refractivity contribution < 1.29 is 13.2 Å². The molecule has 0 saturated heterocycles. The minimum absolute atomic E-state index is 0.186. The molecule has 0 heterocycles. The summed E-state index contributed by atoms with van der Waals surface area (Å²) >= 11 is 0. The number of hydrogen-bond donors (Lipinski definition) is 3. The fourth-order valence-electron chi connectivity index (χ4n) is 2.80. The first-order chi connectivity index (χ1) is 14.8. The summed E-state index contributed by atoms with van der Waals surface area (Å²) in [7, 11) is -3.68. The second-order valence-electron chi connectivity index (χ2n) is 7.04. The van der Waals surface area contributed by atoms with Crippen molar-refractivity contribution in [1.82, 2.24) is 0 Å². The van der Waals surface area contributed by atoms with E-state index in [9.17, 15) is 13.2 Å². The molecule has 3 aromatic carbocycles. The van der Waals surface area contributed by atoms with Crippen LogP contribution in [0.2, 0.25) is 0 Å². The molecule has 0 aliphatic carbocycles. The molecule has 3 rings (SSSR count). The van der Waals surface area contributed by atoms with Crippen LogP contribution < -0.4 is 15.4 Å². The van der Waals surface area contributed by atoms with Gasteiger partial charge >= 0.3 is 0 Å². The number of hydrogen-bond acceptors (Lipinski definition) is 5. The number of anilines is 3. The van der Waals surface area contributed by atoms with Gasteiger partial charge in [-0.05, 0) is 68.4 Å². The highest BCUT2D eigenvalue weighted by Gasteiger charge is 2.15. The summed E-state index contributed by atoms with van der Waals surface area (Å²) < 4.78 is 27.5. The van der Waals surface area contributed by atoms with Gasteiger partial charge in [0.15, 0.2) is 0 Å². The van der Waals surface area contributed by atoms with Crippen molar-refractivity contribution in [2.24, 2.45) is 0 Å².